The molecule has 2 aromatic heterocycles. The van der Waals surface area contributed by atoms with Crippen LogP contribution in [0.5, 0.6) is 0 Å². The van der Waals surface area contributed by atoms with Crippen LogP contribution in [0.15, 0.2) is 24.3 Å². The number of hydrogen-bond donors (Lipinski definition) is 1. The summed E-state index contributed by atoms with van der Waals surface area (Å²) in [4.78, 5) is 31.7. The Balaban J connectivity index is 1.41. The van der Waals surface area contributed by atoms with Crippen molar-refractivity contribution in [1.82, 2.24) is 24.8 Å². The molecular weight excluding hydrogens is 390 g/mol. The summed E-state index contributed by atoms with van der Waals surface area (Å²) in [7, 11) is 0. The van der Waals surface area contributed by atoms with Crippen LogP contribution in [0.3, 0.4) is 0 Å². The number of piperidine rings is 1. The fraction of sp³-hybridized carbons (Fsp3) is 0.500. The average molecular weight is 422 g/mol. The van der Waals surface area contributed by atoms with Crippen molar-refractivity contribution in [2.24, 2.45) is 5.92 Å². The third-order valence-electron chi connectivity index (χ3n) is 6.37. The number of likely N-dealkylation sites (tertiary alicyclic amines) is 1. The first-order valence-electron chi connectivity index (χ1n) is 11.3. The first kappa shape index (κ1) is 21.3. The molecule has 0 radical (unpaired) electrons. The number of carbonyl (C=O) groups is 2. The van der Waals surface area contributed by atoms with E-state index in [2.05, 4.69) is 5.32 Å². The Labute approximate surface area is 182 Å². The molecule has 1 aromatic carbocycles. The molecule has 1 N–H and O–H groups in total. The highest BCUT2D eigenvalue weighted by atomic mass is 16.2. The highest BCUT2D eigenvalue weighted by molar-refractivity contribution is 5.92. The largest absolute Gasteiger partial charge is 0.356 e. The number of amides is 2. The van der Waals surface area contributed by atoms with Crippen molar-refractivity contribution in [2.45, 2.75) is 52.9 Å². The van der Waals surface area contributed by atoms with Crippen molar-refractivity contribution in [3.8, 4) is 0 Å². The van der Waals surface area contributed by atoms with Crippen LogP contribution in [-0.4, -0.2) is 50.9 Å². The number of carbonyl (C=O) groups excluding carboxylic acids is 2. The maximum atomic E-state index is 12.8. The van der Waals surface area contributed by atoms with Crippen LogP contribution in [-0.2, 0) is 16.0 Å². The van der Waals surface area contributed by atoms with E-state index >= 15 is 0 Å². The van der Waals surface area contributed by atoms with Crippen molar-refractivity contribution in [2.75, 3.05) is 19.6 Å². The van der Waals surface area contributed by atoms with E-state index in [9.17, 15) is 9.59 Å². The first-order valence-corrected chi connectivity index (χ1v) is 11.3. The van der Waals surface area contributed by atoms with E-state index in [1.807, 2.05) is 54.5 Å². The van der Waals surface area contributed by atoms with E-state index < -0.39 is 0 Å². The zero-order chi connectivity index (χ0) is 22.0. The van der Waals surface area contributed by atoms with Gasteiger partial charge in [0.1, 0.15) is 0 Å². The third-order valence-corrected chi connectivity index (χ3v) is 6.37. The van der Waals surface area contributed by atoms with E-state index in [1.54, 1.807) is 0 Å². The Kier molecular flexibility index (Phi) is 6.20. The molecule has 3 aromatic rings. The lowest BCUT2D eigenvalue weighted by Gasteiger charge is -2.31. The smallest absolute Gasteiger partial charge is 0.223 e. The van der Waals surface area contributed by atoms with Crippen LogP contribution >= 0.6 is 0 Å². The molecule has 1 aliphatic rings. The summed E-state index contributed by atoms with van der Waals surface area (Å²) >= 11 is 0. The molecule has 2 amide bonds. The zero-order valence-electron chi connectivity index (χ0n) is 18.6. The van der Waals surface area contributed by atoms with E-state index in [4.69, 9.17) is 10.1 Å². The van der Waals surface area contributed by atoms with Crippen molar-refractivity contribution in [1.29, 1.82) is 0 Å². The summed E-state index contributed by atoms with van der Waals surface area (Å²) in [5.74, 6) is 0.309. The van der Waals surface area contributed by atoms with Crippen LogP contribution in [0.2, 0.25) is 0 Å². The van der Waals surface area contributed by atoms with Gasteiger partial charge in [-0.05, 0) is 57.2 Å². The zero-order valence-corrected chi connectivity index (χ0v) is 18.6. The van der Waals surface area contributed by atoms with E-state index in [1.165, 1.54) is 0 Å². The Morgan fingerprint density at radius 3 is 2.65 bits per heavy atom. The molecule has 0 spiro atoms. The average Bonchev–Trinajstić information content (AvgIpc) is 3.16. The normalized spacial score (nSPS) is 15.0. The van der Waals surface area contributed by atoms with E-state index in [-0.39, 0.29) is 17.7 Å². The van der Waals surface area contributed by atoms with Crippen LogP contribution in [0.4, 0.5) is 0 Å². The predicted molar refractivity (Wildman–Crippen MR) is 121 cm³/mol. The first-order chi connectivity index (χ1) is 15.0. The number of benzene rings is 1. The van der Waals surface area contributed by atoms with Crippen LogP contribution in [0.1, 0.15) is 49.6 Å². The number of nitrogens with zero attached hydrogens (tertiary/aromatic N) is 4. The molecule has 7 nitrogen and oxygen atoms in total. The quantitative estimate of drug-likeness (QED) is 0.663. The maximum absolute atomic E-state index is 12.8. The molecule has 0 aliphatic carbocycles. The van der Waals surface area contributed by atoms with Gasteiger partial charge in [0.2, 0.25) is 11.8 Å². The summed E-state index contributed by atoms with van der Waals surface area (Å²) < 4.78 is 1.90. The second-order valence-corrected chi connectivity index (χ2v) is 8.46. The number of fused-ring (bicyclic) bond motifs is 3. The second kappa shape index (κ2) is 9.04. The van der Waals surface area contributed by atoms with Gasteiger partial charge in [-0.2, -0.15) is 5.10 Å². The van der Waals surface area contributed by atoms with E-state index in [0.29, 0.717) is 25.9 Å². The van der Waals surface area contributed by atoms with Gasteiger partial charge < -0.3 is 10.2 Å². The number of rotatable bonds is 6. The van der Waals surface area contributed by atoms with E-state index in [0.717, 1.165) is 59.3 Å². The number of aryl methyl sites for hydroxylation is 2. The van der Waals surface area contributed by atoms with Gasteiger partial charge in [-0.3, -0.25) is 9.59 Å². The van der Waals surface area contributed by atoms with Gasteiger partial charge in [0.15, 0.2) is 5.65 Å². The van der Waals surface area contributed by atoms with Gasteiger partial charge in [-0.1, -0.05) is 19.1 Å². The van der Waals surface area contributed by atoms with Gasteiger partial charge in [-0.25, -0.2) is 9.50 Å². The summed E-state index contributed by atoms with van der Waals surface area (Å²) in [5.41, 5.74) is 4.87. The molecule has 7 heteroatoms. The van der Waals surface area contributed by atoms with Crippen molar-refractivity contribution >= 4 is 28.4 Å². The molecule has 1 fully saturated rings. The van der Waals surface area contributed by atoms with Crippen LogP contribution in [0.25, 0.3) is 16.6 Å². The SMILES string of the molecule is CCCNC(=O)C1CCN(C(=O)CCc2c(C)nc3c4ccccc4nn3c2C)CC1. The summed E-state index contributed by atoms with van der Waals surface area (Å²) in [5, 5.41) is 8.72. The standard InChI is InChI=1S/C24H31N5O2/c1-4-13-25-24(31)18-11-14-28(15-12-18)22(30)10-9-19-16(2)26-23-20-7-5-6-8-21(20)27-29(23)17(19)3/h5-8,18H,4,9-15H2,1-3H3,(H,25,31). The van der Waals surface area contributed by atoms with Gasteiger partial charge in [-0.15, -0.1) is 0 Å². The van der Waals surface area contributed by atoms with Crippen molar-refractivity contribution in [3.63, 3.8) is 0 Å². The lowest BCUT2D eigenvalue weighted by atomic mass is 9.95. The molecule has 0 bridgehead atoms. The molecule has 4 rings (SSSR count). The predicted octanol–water partition coefficient (Wildman–Crippen LogP) is 3.20. The van der Waals surface area contributed by atoms with Crippen molar-refractivity contribution in [3.05, 3.63) is 41.2 Å². The molecule has 0 unspecified atom stereocenters. The fourth-order valence-electron chi connectivity index (χ4n) is 4.51. The Morgan fingerprint density at radius 2 is 1.90 bits per heavy atom. The topological polar surface area (TPSA) is 79.6 Å². The summed E-state index contributed by atoms with van der Waals surface area (Å²) in [6.07, 6.45) is 3.52. The van der Waals surface area contributed by atoms with Gasteiger partial charge >= 0.3 is 0 Å². The molecule has 31 heavy (non-hydrogen) atoms. The van der Waals surface area contributed by atoms with Crippen LogP contribution in [0, 0.1) is 19.8 Å². The highest BCUT2D eigenvalue weighted by Crippen LogP contribution is 2.24. The fourth-order valence-corrected chi connectivity index (χ4v) is 4.51. The van der Waals surface area contributed by atoms with Gasteiger partial charge in [0, 0.05) is 48.7 Å². The van der Waals surface area contributed by atoms with Gasteiger partial charge in [0.25, 0.3) is 0 Å². The Bertz CT molecular complexity index is 1110. The molecule has 0 atom stereocenters. The second-order valence-electron chi connectivity index (χ2n) is 8.46. The molecule has 3 heterocycles. The van der Waals surface area contributed by atoms with Crippen molar-refractivity contribution < 1.29 is 9.59 Å². The minimum Gasteiger partial charge on any atom is -0.356 e. The van der Waals surface area contributed by atoms with Crippen LogP contribution < -0.4 is 5.32 Å². The Hall–Kier alpha value is -2.96. The monoisotopic (exact) mass is 421 g/mol. The minimum atomic E-state index is 0.0284. The lowest BCUT2D eigenvalue weighted by molar-refractivity contribution is -0.135. The minimum absolute atomic E-state index is 0.0284. The third kappa shape index (κ3) is 4.27. The molecule has 1 saturated heterocycles. The Morgan fingerprint density at radius 1 is 1.16 bits per heavy atom. The number of aromatic nitrogens is 3. The lowest BCUT2D eigenvalue weighted by Crippen LogP contribution is -2.43. The molecule has 1 aliphatic heterocycles. The molecule has 0 saturated carbocycles. The maximum Gasteiger partial charge on any atom is 0.223 e. The summed E-state index contributed by atoms with van der Waals surface area (Å²) in [6.45, 7) is 8.14. The number of hydrogen-bond acceptors (Lipinski definition) is 4. The number of nitrogens with one attached hydrogen (secondary N) is 1. The highest BCUT2D eigenvalue weighted by Gasteiger charge is 2.27. The summed E-state index contributed by atoms with van der Waals surface area (Å²) in [6, 6.07) is 8.01. The van der Waals surface area contributed by atoms with Gasteiger partial charge in [0.05, 0.1) is 5.52 Å². The molecular formula is C24H31N5O2. The molecule has 164 valence electrons.